The van der Waals surface area contributed by atoms with Crippen LogP contribution in [0.2, 0.25) is 0 Å². The summed E-state index contributed by atoms with van der Waals surface area (Å²) >= 11 is 0. The number of halogens is 1. The summed E-state index contributed by atoms with van der Waals surface area (Å²) < 4.78 is 15.2. The van der Waals surface area contributed by atoms with Crippen LogP contribution < -0.4 is 15.8 Å². The molecule has 1 rings (SSSR count). The molecule has 0 aromatic heterocycles. The van der Waals surface area contributed by atoms with Gasteiger partial charge in [0.05, 0.1) is 33.5 Å². The maximum Gasteiger partial charge on any atom is 0.193 e. The van der Waals surface area contributed by atoms with Crippen molar-refractivity contribution in [3.05, 3.63) is 24.3 Å². The van der Waals surface area contributed by atoms with Gasteiger partial charge >= 0.3 is 0 Å². The molecule has 1 aromatic carbocycles. The molecule has 0 saturated heterocycles. The van der Waals surface area contributed by atoms with Crippen LogP contribution in [0.4, 0.5) is 5.69 Å². The SMILES string of the molecule is COCCOCCN=C(N)Nc1ccc(OC)cc1.I. The first kappa shape index (κ1) is 18.9. The Labute approximate surface area is 136 Å². The second-order valence-corrected chi connectivity index (χ2v) is 3.73. The van der Waals surface area contributed by atoms with E-state index in [1.165, 1.54) is 0 Å². The fourth-order valence-corrected chi connectivity index (χ4v) is 1.34. The Hall–Kier alpha value is -1.06. The molecule has 1 aromatic rings. The lowest BCUT2D eigenvalue weighted by Gasteiger charge is -2.07. The van der Waals surface area contributed by atoms with E-state index in [0.717, 1.165) is 11.4 Å². The van der Waals surface area contributed by atoms with Gasteiger partial charge in [0, 0.05) is 12.8 Å². The third-order valence-corrected chi connectivity index (χ3v) is 2.31. The van der Waals surface area contributed by atoms with Crippen LogP contribution >= 0.6 is 24.0 Å². The molecule has 0 saturated carbocycles. The number of benzene rings is 1. The smallest absolute Gasteiger partial charge is 0.193 e. The van der Waals surface area contributed by atoms with E-state index in [1.54, 1.807) is 14.2 Å². The number of guanidine groups is 1. The fraction of sp³-hybridized carbons (Fsp3) is 0.462. The normalized spacial score (nSPS) is 10.8. The topological polar surface area (TPSA) is 78.1 Å². The van der Waals surface area contributed by atoms with Gasteiger partial charge in [-0.2, -0.15) is 0 Å². The van der Waals surface area contributed by atoms with Gasteiger partial charge < -0.3 is 25.3 Å². The molecule has 20 heavy (non-hydrogen) atoms. The van der Waals surface area contributed by atoms with Gasteiger partial charge in [-0.25, -0.2) is 0 Å². The van der Waals surface area contributed by atoms with Gasteiger partial charge in [0.2, 0.25) is 0 Å². The number of nitrogens with one attached hydrogen (secondary N) is 1. The number of nitrogens with two attached hydrogens (primary N) is 1. The van der Waals surface area contributed by atoms with Crippen molar-refractivity contribution >= 4 is 35.6 Å². The molecule has 0 spiro atoms. The zero-order valence-electron chi connectivity index (χ0n) is 11.8. The highest BCUT2D eigenvalue weighted by molar-refractivity contribution is 14.0. The molecule has 7 heteroatoms. The van der Waals surface area contributed by atoms with Crippen LogP contribution in [0.5, 0.6) is 5.75 Å². The Kier molecular flexibility index (Phi) is 11.1. The molecule has 0 heterocycles. The molecule has 0 aliphatic carbocycles. The van der Waals surface area contributed by atoms with E-state index < -0.39 is 0 Å². The fourth-order valence-electron chi connectivity index (χ4n) is 1.34. The van der Waals surface area contributed by atoms with E-state index >= 15 is 0 Å². The zero-order chi connectivity index (χ0) is 13.9. The summed E-state index contributed by atoms with van der Waals surface area (Å²) in [5, 5.41) is 2.99. The number of nitrogens with zero attached hydrogens (tertiary/aromatic N) is 1. The van der Waals surface area contributed by atoms with Gasteiger partial charge in [0.15, 0.2) is 5.96 Å². The first-order valence-electron chi connectivity index (χ1n) is 6.04. The maximum absolute atomic E-state index is 5.74. The Balaban J connectivity index is 0.00000361. The van der Waals surface area contributed by atoms with E-state index in [9.17, 15) is 0 Å². The molecule has 0 aliphatic rings. The minimum absolute atomic E-state index is 0. The molecule has 3 N–H and O–H groups in total. The van der Waals surface area contributed by atoms with Crippen molar-refractivity contribution in [3.8, 4) is 5.75 Å². The standard InChI is InChI=1S/C13H21N3O3.HI/c1-17-9-10-19-8-7-15-13(14)16-11-3-5-12(18-2)6-4-11;/h3-6H,7-10H2,1-2H3,(H3,14,15,16);1H. The molecule has 0 amide bonds. The molecule has 0 fully saturated rings. The zero-order valence-corrected chi connectivity index (χ0v) is 14.1. The summed E-state index contributed by atoms with van der Waals surface area (Å²) in [5.41, 5.74) is 6.61. The molecular weight excluding hydrogens is 373 g/mol. The minimum Gasteiger partial charge on any atom is -0.497 e. The maximum atomic E-state index is 5.74. The van der Waals surface area contributed by atoms with Gasteiger partial charge in [-0.05, 0) is 24.3 Å². The van der Waals surface area contributed by atoms with Gasteiger partial charge in [0.1, 0.15) is 5.75 Å². The first-order chi connectivity index (χ1) is 9.26. The number of hydrogen-bond acceptors (Lipinski definition) is 4. The molecule has 0 radical (unpaired) electrons. The summed E-state index contributed by atoms with van der Waals surface area (Å²) in [7, 11) is 3.26. The van der Waals surface area contributed by atoms with Crippen molar-refractivity contribution in [2.24, 2.45) is 10.7 Å². The van der Waals surface area contributed by atoms with Crippen LogP contribution in [0.1, 0.15) is 0 Å². The van der Waals surface area contributed by atoms with E-state index in [-0.39, 0.29) is 24.0 Å². The molecule has 6 nitrogen and oxygen atoms in total. The average molecular weight is 395 g/mol. The van der Waals surface area contributed by atoms with Crippen molar-refractivity contribution in [3.63, 3.8) is 0 Å². The number of hydrogen-bond donors (Lipinski definition) is 2. The summed E-state index contributed by atoms with van der Waals surface area (Å²) in [5.74, 6) is 1.16. The molecule has 0 atom stereocenters. The Morgan fingerprint density at radius 3 is 2.45 bits per heavy atom. The molecule has 114 valence electrons. The molecule has 0 aliphatic heterocycles. The number of methoxy groups -OCH3 is 2. The average Bonchev–Trinajstić information content (AvgIpc) is 2.43. The predicted molar refractivity (Wildman–Crippen MR) is 91.2 cm³/mol. The van der Waals surface area contributed by atoms with E-state index in [1.807, 2.05) is 24.3 Å². The summed E-state index contributed by atoms with van der Waals surface area (Å²) in [6.07, 6.45) is 0. The molecule has 0 bridgehead atoms. The van der Waals surface area contributed by atoms with Gasteiger partial charge in [-0.3, -0.25) is 4.99 Å². The summed E-state index contributed by atoms with van der Waals surface area (Å²) in [6.45, 7) is 2.19. The Bertz CT molecular complexity index is 385. The van der Waals surface area contributed by atoms with E-state index in [4.69, 9.17) is 19.9 Å². The van der Waals surface area contributed by atoms with Crippen molar-refractivity contribution in [1.29, 1.82) is 0 Å². The third kappa shape index (κ3) is 8.18. The van der Waals surface area contributed by atoms with E-state index in [0.29, 0.717) is 32.3 Å². The Morgan fingerprint density at radius 1 is 1.15 bits per heavy atom. The van der Waals surface area contributed by atoms with Gasteiger partial charge in [0.25, 0.3) is 0 Å². The first-order valence-corrected chi connectivity index (χ1v) is 6.04. The number of ether oxygens (including phenoxy) is 3. The highest BCUT2D eigenvalue weighted by Crippen LogP contribution is 2.14. The number of anilines is 1. The van der Waals surface area contributed by atoms with Gasteiger partial charge in [-0.15, -0.1) is 24.0 Å². The largest absolute Gasteiger partial charge is 0.497 e. The Morgan fingerprint density at radius 2 is 1.85 bits per heavy atom. The summed E-state index contributed by atoms with van der Waals surface area (Å²) in [4.78, 5) is 4.15. The van der Waals surface area contributed by atoms with Crippen LogP contribution in [0, 0.1) is 0 Å². The number of aliphatic imine (C=N–C) groups is 1. The van der Waals surface area contributed by atoms with Crippen LogP contribution in [-0.2, 0) is 9.47 Å². The van der Waals surface area contributed by atoms with Crippen molar-refractivity contribution in [2.75, 3.05) is 45.9 Å². The lowest BCUT2D eigenvalue weighted by Crippen LogP contribution is -2.23. The lowest BCUT2D eigenvalue weighted by atomic mass is 10.3. The van der Waals surface area contributed by atoms with Gasteiger partial charge in [-0.1, -0.05) is 0 Å². The molecule has 0 unspecified atom stereocenters. The molecular formula is C13H22IN3O3. The van der Waals surface area contributed by atoms with Crippen LogP contribution in [-0.4, -0.2) is 46.5 Å². The second-order valence-electron chi connectivity index (χ2n) is 3.73. The highest BCUT2D eigenvalue weighted by atomic mass is 127. The predicted octanol–water partition coefficient (Wildman–Crippen LogP) is 1.70. The van der Waals surface area contributed by atoms with E-state index in [2.05, 4.69) is 10.3 Å². The van der Waals surface area contributed by atoms with Crippen molar-refractivity contribution in [1.82, 2.24) is 0 Å². The third-order valence-electron chi connectivity index (χ3n) is 2.31. The highest BCUT2D eigenvalue weighted by Gasteiger charge is 1.96. The summed E-state index contributed by atoms with van der Waals surface area (Å²) in [6, 6.07) is 7.44. The van der Waals surface area contributed by atoms with Crippen molar-refractivity contribution < 1.29 is 14.2 Å². The minimum atomic E-state index is 0. The van der Waals surface area contributed by atoms with Crippen LogP contribution in [0.15, 0.2) is 29.3 Å². The van der Waals surface area contributed by atoms with Crippen molar-refractivity contribution in [2.45, 2.75) is 0 Å². The van der Waals surface area contributed by atoms with Crippen LogP contribution in [0.3, 0.4) is 0 Å². The second kappa shape index (κ2) is 11.7. The lowest BCUT2D eigenvalue weighted by molar-refractivity contribution is 0.0748. The quantitative estimate of drug-likeness (QED) is 0.303. The number of rotatable bonds is 8. The van der Waals surface area contributed by atoms with Crippen LogP contribution in [0.25, 0.3) is 0 Å². The monoisotopic (exact) mass is 395 g/mol.